The van der Waals surface area contributed by atoms with Gasteiger partial charge in [0.1, 0.15) is 22.1 Å². The van der Waals surface area contributed by atoms with Crippen molar-refractivity contribution < 1.29 is 9.59 Å². The summed E-state index contributed by atoms with van der Waals surface area (Å²) >= 11 is 2.69. The van der Waals surface area contributed by atoms with Gasteiger partial charge in [0.15, 0.2) is 0 Å². The second-order valence-corrected chi connectivity index (χ2v) is 9.14. The van der Waals surface area contributed by atoms with Crippen molar-refractivity contribution in [3.8, 4) is 12.1 Å². The molecule has 0 saturated heterocycles. The molecule has 2 N–H and O–H groups in total. The van der Waals surface area contributed by atoms with Crippen molar-refractivity contribution in [2.45, 2.75) is 27.7 Å². The maximum Gasteiger partial charge on any atom is 0.256 e. The largest absolute Gasteiger partial charge is 0.312 e. The number of benzene rings is 1. The maximum absolute atomic E-state index is 12.7. The Morgan fingerprint density at radius 2 is 1.20 bits per heavy atom. The minimum absolute atomic E-state index is 0.300. The molecular formula is C22H18N4O2S2. The van der Waals surface area contributed by atoms with Crippen LogP contribution in [0, 0.1) is 50.4 Å². The molecule has 2 heterocycles. The molecule has 2 amide bonds. The van der Waals surface area contributed by atoms with Gasteiger partial charge in [0.05, 0.1) is 11.1 Å². The maximum atomic E-state index is 12.7. The van der Waals surface area contributed by atoms with E-state index in [1.165, 1.54) is 28.7 Å². The highest BCUT2D eigenvalue weighted by atomic mass is 32.1. The number of nitrogens with zero attached hydrogens (tertiary/aromatic N) is 2. The van der Waals surface area contributed by atoms with Crippen LogP contribution in [-0.2, 0) is 0 Å². The van der Waals surface area contributed by atoms with Crippen molar-refractivity contribution in [2.75, 3.05) is 10.6 Å². The molecule has 0 saturated carbocycles. The standard InChI is InChI=1S/C22H18N4O2S2/c1-11-13(3)29-21(17(11)9-23)25-19(27)15-6-5-7-16(8-15)20(28)26-22-18(10-24)12(2)14(4)30-22/h5-8H,1-4H3,(H,25,27)(H,26,28). The van der Waals surface area contributed by atoms with E-state index in [1.54, 1.807) is 18.2 Å². The van der Waals surface area contributed by atoms with Crippen molar-refractivity contribution in [3.05, 3.63) is 67.4 Å². The number of anilines is 2. The van der Waals surface area contributed by atoms with Gasteiger partial charge in [-0.05, 0) is 57.0 Å². The second kappa shape index (κ2) is 8.50. The van der Waals surface area contributed by atoms with E-state index in [2.05, 4.69) is 22.8 Å². The molecule has 0 aliphatic rings. The number of aryl methyl sites for hydroxylation is 2. The number of nitrogens with one attached hydrogen (secondary N) is 2. The van der Waals surface area contributed by atoms with E-state index in [4.69, 9.17) is 0 Å². The number of hydrogen-bond donors (Lipinski definition) is 2. The summed E-state index contributed by atoms with van der Waals surface area (Å²) in [7, 11) is 0. The van der Waals surface area contributed by atoms with E-state index in [-0.39, 0.29) is 0 Å². The fourth-order valence-electron chi connectivity index (χ4n) is 2.85. The van der Waals surface area contributed by atoms with E-state index in [0.29, 0.717) is 32.3 Å². The molecule has 6 nitrogen and oxygen atoms in total. The molecule has 2 aromatic heterocycles. The van der Waals surface area contributed by atoms with E-state index in [9.17, 15) is 20.1 Å². The van der Waals surface area contributed by atoms with Gasteiger partial charge in [-0.25, -0.2) is 0 Å². The number of nitriles is 2. The lowest BCUT2D eigenvalue weighted by Gasteiger charge is -2.07. The van der Waals surface area contributed by atoms with Gasteiger partial charge < -0.3 is 10.6 Å². The number of amides is 2. The van der Waals surface area contributed by atoms with E-state index in [1.807, 2.05) is 27.7 Å². The molecule has 8 heteroatoms. The summed E-state index contributed by atoms with van der Waals surface area (Å²) in [5, 5.41) is 25.2. The summed E-state index contributed by atoms with van der Waals surface area (Å²) in [6.07, 6.45) is 0. The lowest BCUT2D eigenvalue weighted by atomic mass is 10.1. The molecular weight excluding hydrogens is 416 g/mol. The van der Waals surface area contributed by atoms with Crippen LogP contribution in [0.25, 0.3) is 0 Å². The van der Waals surface area contributed by atoms with Gasteiger partial charge in [0.25, 0.3) is 11.8 Å². The highest BCUT2D eigenvalue weighted by molar-refractivity contribution is 7.17. The Labute approximate surface area is 182 Å². The van der Waals surface area contributed by atoms with E-state index in [0.717, 1.165) is 20.9 Å². The molecule has 0 unspecified atom stereocenters. The highest BCUT2D eigenvalue weighted by Gasteiger charge is 2.18. The first-order valence-corrected chi connectivity index (χ1v) is 10.6. The Morgan fingerprint density at radius 1 is 0.800 bits per heavy atom. The summed E-state index contributed by atoms with van der Waals surface area (Å²) in [5.41, 5.74) is 3.20. The van der Waals surface area contributed by atoms with Crippen LogP contribution < -0.4 is 10.6 Å². The zero-order chi connectivity index (χ0) is 22.0. The molecule has 0 radical (unpaired) electrons. The Balaban J connectivity index is 1.83. The Hall–Kier alpha value is -3.46. The third-order valence-electron chi connectivity index (χ3n) is 4.84. The zero-order valence-electron chi connectivity index (χ0n) is 16.8. The minimum Gasteiger partial charge on any atom is -0.312 e. The van der Waals surface area contributed by atoms with Crippen molar-refractivity contribution in [3.63, 3.8) is 0 Å². The molecule has 0 fully saturated rings. The summed E-state index contributed by atoms with van der Waals surface area (Å²) in [6.45, 7) is 7.47. The van der Waals surface area contributed by atoms with Crippen LogP contribution in [0.15, 0.2) is 24.3 Å². The molecule has 0 atom stereocenters. The first-order valence-electron chi connectivity index (χ1n) is 8.99. The third-order valence-corrected chi connectivity index (χ3v) is 7.08. The van der Waals surface area contributed by atoms with Gasteiger partial charge in [0, 0.05) is 20.9 Å². The minimum atomic E-state index is -0.400. The lowest BCUT2D eigenvalue weighted by Crippen LogP contribution is -2.15. The van der Waals surface area contributed by atoms with Gasteiger partial charge in [-0.1, -0.05) is 6.07 Å². The van der Waals surface area contributed by atoms with Crippen LogP contribution in [0.3, 0.4) is 0 Å². The molecule has 0 aliphatic carbocycles. The molecule has 0 aliphatic heterocycles. The van der Waals surface area contributed by atoms with Gasteiger partial charge in [-0.3, -0.25) is 9.59 Å². The zero-order valence-corrected chi connectivity index (χ0v) is 18.5. The number of carbonyl (C=O) groups excluding carboxylic acids is 2. The van der Waals surface area contributed by atoms with Crippen molar-refractivity contribution >= 4 is 44.5 Å². The van der Waals surface area contributed by atoms with Crippen LogP contribution in [0.1, 0.15) is 52.7 Å². The summed E-state index contributed by atoms with van der Waals surface area (Å²) in [6, 6.07) is 10.6. The van der Waals surface area contributed by atoms with Crippen molar-refractivity contribution in [1.82, 2.24) is 0 Å². The molecule has 0 bridgehead atoms. The van der Waals surface area contributed by atoms with Gasteiger partial charge in [0.2, 0.25) is 0 Å². The molecule has 0 spiro atoms. The van der Waals surface area contributed by atoms with Gasteiger partial charge in [-0.15, -0.1) is 22.7 Å². The third kappa shape index (κ3) is 3.97. The molecule has 30 heavy (non-hydrogen) atoms. The van der Waals surface area contributed by atoms with Crippen molar-refractivity contribution in [2.24, 2.45) is 0 Å². The smallest absolute Gasteiger partial charge is 0.256 e. The highest BCUT2D eigenvalue weighted by Crippen LogP contribution is 2.33. The van der Waals surface area contributed by atoms with Crippen molar-refractivity contribution in [1.29, 1.82) is 10.5 Å². The van der Waals surface area contributed by atoms with E-state index >= 15 is 0 Å². The quantitative estimate of drug-likeness (QED) is 0.582. The fraction of sp³-hybridized carbons (Fsp3) is 0.182. The normalized spacial score (nSPS) is 10.2. The molecule has 1 aromatic carbocycles. The topological polar surface area (TPSA) is 106 Å². The van der Waals surface area contributed by atoms with Crippen LogP contribution in [0.5, 0.6) is 0 Å². The van der Waals surface area contributed by atoms with Crippen LogP contribution >= 0.6 is 22.7 Å². The van der Waals surface area contributed by atoms with Crippen LogP contribution in [0.4, 0.5) is 10.0 Å². The van der Waals surface area contributed by atoms with Gasteiger partial charge >= 0.3 is 0 Å². The first-order chi connectivity index (χ1) is 14.3. The number of rotatable bonds is 4. The predicted octanol–water partition coefficient (Wildman–Crippen LogP) is 5.29. The lowest BCUT2D eigenvalue weighted by molar-refractivity contribution is 0.102. The molecule has 3 aromatic rings. The van der Waals surface area contributed by atoms with E-state index < -0.39 is 11.8 Å². The van der Waals surface area contributed by atoms with Crippen LogP contribution in [-0.4, -0.2) is 11.8 Å². The SMILES string of the molecule is Cc1sc(NC(=O)c2cccc(C(=O)Nc3sc(C)c(C)c3C#N)c2)c(C#N)c1C. The number of carbonyl (C=O) groups is 2. The summed E-state index contributed by atoms with van der Waals surface area (Å²) < 4.78 is 0. The Morgan fingerprint density at radius 3 is 1.57 bits per heavy atom. The fourth-order valence-corrected chi connectivity index (χ4v) is 4.86. The molecule has 3 rings (SSSR count). The second-order valence-electron chi connectivity index (χ2n) is 6.69. The van der Waals surface area contributed by atoms with Gasteiger partial charge in [-0.2, -0.15) is 10.5 Å². The Bertz CT molecular complexity index is 1160. The monoisotopic (exact) mass is 434 g/mol. The summed E-state index contributed by atoms with van der Waals surface area (Å²) in [5.74, 6) is -0.800. The first kappa shape index (κ1) is 21.3. The number of thiophene rings is 2. The number of hydrogen-bond acceptors (Lipinski definition) is 6. The predicted molar refractivity (Wildman–Crippen MR) is 119 cm³/mol. The average molecular weight is 435 g/mol. The Kier molecular flexibility index (Phi) is 6.02. The summed E-state index contributed by atoms with van der Waals surface area (Å²) in [4.78, 5) is 27.3. The van der Waals surface area contributed by atoms with Crippen LogP contribution in [0.2, 0.25) is 0 Å². The molecule has 150 valence electrons. The average Bonchev–Trinajstić information content (AvgIpc) is 3.15.